The number of carbonyl (C=O) groups excluding carboxylic acids is 4. The largest absolute Gasteiger partial charge is 0.494 e. The highest BCUT2D eigenvalue weighted by molar-refractivity contribution is 8.00. The fourth-order valence-corrected chi connectivity index (χ4v) is 5.73. The van der Waals surface area contributed by atoms with Gasteiger partial charge in [-0.25, -0.2) is 4.90 Å². The number of nitrogens with one attached hydrogen (secondary N) is 2. The summed E-state index contributed by atoms with van der Waals surface area (Å²) in [5, 5.41) is 16.2. The van der Waals surface area contributed by atoms with E-state index in [-0.39, 0.29) is 35.2 Å². The van der Waals surface area contributed by atoms with Gasteiger partial charge in [-0.05, 0) is 79.7 Å². The molecule has 2 N–H and O–H groups in total. The first kappa shape index (κ1) is 31.7. The quantitative estimate of drug-likeness (QED) is 0.0905. The van der Waals surface area contributed by atoms with Crippen LogP contribution in [0.2, 0.25) is 0 Å². The Morgan fingerprint density at radius 3 is 2.30 bits per heavy atom. The lowest BCUT2D eigenvalue weighted by Gasteiger charge is -2.15. The number of nitrogens with zero attached hydrogens (tertiary/aromatic N) is 2. The van der Waals surface area contributed by atoms with Crippen molar-refractivity contribution in [2.24, 2.45) is 0 Å². The van der Waals surface area contributed by atoms with Crippen molar-refractivity contribution in [2.75, 3.05) is 16.8 Å². The smallest absolute Gasteiger partial charge is 0.276 e. The maximum absolute atomic E-state index is 13.4. The second-order valence-electron chi connectivity index (χ2n) is 9.98. The first-order chi connectivity index (χ1) is 22.2. The van der Waals surface area contributed by atoms with Crippen molar-refractivity contribution in [1.82, 2.24) is 5.32 Å². The lowest BCUT2D eigenvalue weighted by molar-refractivity contribution is -0.385. The van der Waals surface area contributed by atoms with Crippen LogP contribution in [0.1, 0.15) is 29.3 Å². The predicted octanol–water partition coefficient (Wildman–Crippen LogP) is 5.83. The van der Waals surface area contributed by atoms with Crippen LogP contribution in [0, 0.1) is 10.1 Å². The van der Waals surface area contributed by atoms with Crippen molar-refractivity contribution in [1.29, 1.82) is 0 Å². The molecule has 12 heteroatoms. The minimum atomic E-state index is -0.703. The summed E-state index contributed by atoms with van der Waals surface area (Å²) in [5.74, 6) is -1.25. The van der Waals surface area contributed by atoms with Gasteiger partial charge in [0.2, 0.25) is 11.8 Å². The molecule has 1 unspecified atom stereocenters. The van der Waals surface area contributed by atoms with Crippen LogP contribution in [-0.4, -0.2) is 40.4 Å². The fourth-order valence-electron chi connectivity index (χ4n) is 4.68. The zero-order valence-corrected chi connectivity index (χ0v) is 25.4. The van der Waals surface area contributed by atoms with Crippen LogP contribution in [0.15, 0.2) is 114 Å². The highest BCUT2D eigenvalue weighted by Gasteiger charge is 2.40. The van der Waals surface area contributed by atoms with E-state index in [1.165, 1.54) is 40.9 Å². The molecule has 4 amide bonds. The average Bonchev–Trinajstić information content (AvgIpc) is 3.34. The molecule has 46 heavy (non-hydrogen) atoms. The van der Waals surface area contributed by atoms with Gasteiger partial charge in [0, 0.05) is 28.6 Å². The summed E-state index contributed by atoms with van der Waals surface area (Å²) in [6.07, 6.45) is 1.29. The van der Waals surface area contributed by atoms with Crippen molar-refractivity contribution in [3.8, 4) is 5.75 Å². The Kier molecular flexibility index (Phi) is 9.88. The van der Waals surface area contributed by atoms with Gasteiger partial charge in [0.15, 0.2) is 0 Å². The summed E-state index contributed by atoms with van der Waals surface area (Å²) in [7, 11) is 0. The predicted molar refractivity (Wildman–Crippen MR) is 174 cm³/mol. The molecular formula is C34H28N4O7S. The minimum absolute atomic E-state index is 0.0378. The molecule has 5 rings (SSSR count). The van der Waals surface area contributed by atoms with Gasteiger partial charge < -0.3 is 15.4 Å². The monoisotopic (exact) mass is 636 g/mol. The third-order valence-corrected chi connectivity index (χ3v) is 8.06. The van der Waals surface area contributed by atoms with E-state index in [2.05, 4.69) is 10.6 Å². The molecule has 1 atom stereocenters. The van der Waals surface area contributed by atoms with E-state index in [0.29, 0.717) is 34.2 Å². The number of para-hydroxylation sites is 1. The van der Waals surface area contributed by atoms with Crippen LogP contribution in [-0.2, 0) is 14.4 Å². The molecule has 0 aromatic heterocycles. The lowest BCUT2D eigenvalue weighted by Crippen LogP contribution is -2.31. The van der Waals surface area contributed by atoms with Crippen LogP contribution < -0.4 is 20.3 Å². The van der Waals surface area contributed by atoms with Crippen LogP contribution in [0.4, 0.5) is 17.1 Å². The average molecular weight is 637 g/mol. The zero-order chi connectivity index (χ0) is 32.6. The van der Waals surface area contributed by atoms with Crippen LogP contribution in [0.25, 0.3) is 6.08 Å². The van der Waals surface area contributed by atoms with Gasteiger partial charge in [-0.2, -0.15) is 0 Å². The van der Waals surface area contributed by atoms with Gasteiger partial charge in [0.25, 0.3) is 17.5 Å². The fraction of sp³-hybridized carbons (Fsp3) is 0.118. The van der Waals surface area contributed by atoms with Crippen molar-refractivity contribution in [2.45, 2.75) is 23.5 Å². The molecule has 0 saturated carbocycles. The second kappa shape index (κ2) is 14.4. The lowest BCUT2D eigenvalue weighted by atomic mass is 10.1. The molecule has 0 bridgehead atoms. The molecule has 4 aromatic rings. The summed E-state index contributed by atoms with van der Waals surface area (Å²) in [6.45, 7) is 2.37. The van der Waals surface area contributed by atoms with Crippen LogP contribution >= 0.6 is 11.8 Å². The van der Waals surface area contributed by atoms with Crippen molar-refractivity contribution in [3.05, 3.63) is 130 Å². The summed E-state index contributed by atoms with van der Waals surface area (Å²) in [6, 6.07) is 27.5. The molecule has 1 heterocycles. The molecule has 4 aromatic carbocycles. The number of nitro benzene ring substituents is 1. The highest BCUT2D eigenvalue weighted by Crippen LogP contribution is 2.35. The van der Waals surface area contributed by atoms with Crippen molar-refractivity contribution >= 4 is 58.5 Å². The maximum atomic E-state index is 13.4. The van der Waals surface area contributed by atoms with Gasteiger partial charge in [0.1, 0.15) is 11.4 Å². The van der Waals surface area contributed by atoms with E-state index in [9.17, 15) is 29.3 Å². The molecule has 232 valence electrons. The van der Waals surface area contributed by atoms with Gasteiger partial charge in [-0.15, -0.1) is 11.8 Å². The summed E-state index contributed by atoms with van der Waals surface area (Å²) >= 11 is 1.24. The van der Waals surface area contributed by atoms with Crippen molar-refractivity contribution in [3.63, 3.8) is 0 Å². The molecule has 11 nitrogen and oxygen atoms in total. The maximum Gasteiger partial charge on any atom is 0.276 e. The summed E-state index contributed by atoms with van der Waals surface area (Å²) in [4.78, 5) is 65.0. The Morgan fingerprint density at radius 1 is 0.957 bits per heavy atom. The Hall–Kier alpha value is -5.75. The number of carbonyl (C=O) groups is 4. The second-order valence-corrected chi connectivity index (χ2v) is 11.3. The van der Waals surface area contributed by atoms with Gasteiger partial charge in [-0.1, -0.05) is 30.3 Å². The van der Waals surface area contributed by atoms with E-state index >= 15 is 0 Å². The Morgan fingerprint density at radius 2 is 1.63 bits per heavy atom. The number of thioether (sulfide) groups is 1. The third kappa shape index (κ3) is 7.48. The van der Waals surface area contributed by atoms with E-state index in [1.807, 2.05) is 6.92 Å². The van der Waals surface area contributed by atoms with Gasteiger partial charge in [-0.3, -0.25) is 29.3 Å². The van der Waals surface area contributed by atoms with Crippen molar-refractivity contribution < 1.29 is 28.8 Å². The summed E-state index contributed by atoms with van der Waals surface area (Å²) in [5.41, 5.74) is 0.847. The number of ether oxygens (including phenoxy) is 1. The van der Waals surface area contributed by atoms with E-state index in [0.717, 1.165) is 0 Å². The number of hydrogen-bond acceptors (Lipinski definition) is 8. The highest BCUT2D eigenvalue weighted by atomic mass is 32.2. The van der Waals surface area contributed by atoms with Gasteiger partial charge in [0.05, 0.1) is 28.0 Å². The van der Waals surface area contributed by atoms with Crippen LogP contribution in [0.3, 0.4) is 0 Å². The van der Waals surface area contributed by atoms with Crippen LogP contribution in [0.5, 0.6) is 5.75 Å². The first-order valence-corrected chi connectivity index (χ1v) is 15.1. The SMILES string of the molecule is CCOc1ccc(N2C(=O)CC(Sc3ccc(NC(=O)/C(=C\c4ccccc4[N+](=O)[O-])NC(=O)c4ccccc4)cc3)C2=O)cc1. The number of imide groups is 1. The number of anilines is 2. The Balaban J connectivity index is 1.29. The molecule has 1 saturated heterocycles. The van der Waals surface area contributed by atoms with E-state index in [1.54, 1.807) is 84.9 Å². The molecule has 0 aliphatic carbocycles. The Bertz CT molecular complexity index is 1810. The topological polar surface area (TPSA) is 148 Å². The number of rotatable bonds is 11. The standard InChI is InChI=1S/C34H28N4O7S/c1-2-45-26-16-14-25(15-17-26)37-31(39)21-30(34(37)42)46-27-18-12-24(13-19-27)35-33(41)28(36-32(40)22-8-4-3-5-9-22)20-23-10-6-7-11-29(23)38(43)44/h3-20,30H,2,21H2,1H3,(H,35,41)(H,36,40)/b28-20+. The number of hydrogen-bond donors (Lipinski definition) is 2. The molecule has 0 spiro atoms. The van der Waals surface area contributed by atoms with E-state index < -0.39 is 22.0 Å². The molecular weight excluding hydrogens is 608 g/mol. The molecule has 1 fully saturated rings. The summed E-state index contributed by atoms with van der Waals surface area (Å²) < 4.78 is 5.43. The minimum Gasteiger partial charge on any atom is -0.494 e. The number of benzene rings is 4. The zero-order valence-electron chi connectivity index (χ0n) is 24.5. The molecule has 0 radical (unpaired) electrons. The number of amides is 4. The van der Waals surface area contributed by atoms with E-state index in [4.69, 9.17) is 4.74 Å². The molecule has 1 aliphatic rings. The number of nitro groups is 1. The van der Waals surface area contributed by atoms with Gasteiger partial charge >= 0.3 is 0 Å². The third-order valence-electron chi connectivity index (χ3n) is 6.86. The normalized spacial score (nSPS) is 14.6. The first-order valence-electron chi connectivity index (χ1n) is 14.2. The Labute approximate surface area is 268 Å². The molecule has 1 aliphatic heterocycles.